The summed E-state index contributed by atoms with van der Waals surface area (Å²) in [5.41, 5.74) is 1.30. The number of benzene rings is 1. The van der Waals surface area contributed by atoms with E-state index in [-0.39, 0.29) is 0 Å². The first-order valence-corrected chi connectivity index (χ1v) is 7.29. The van der Waals surface area contributed by atoms with Crippen molar-refractivity contribution in [2.24, 2.45) is 0 Å². The Hall–Kier alpha value is -0.570. The van der Waals surface area contributed by atoms with Crippen LogP contribution in [0.4, 0.5) is 0 Å². The fourth-order valence-electron chi connectivity index (χ4n) is 2.61. The topological polar surface area (TPSA) is 15.3 Å². The van der Waals surface area contributed by atoms with Crippen LogP contribution in [0.3, 0.4) is 0 Å². The number of rotatable bonds is 5. The molecule has 0 aliphatic carbocycles. The van der Waals surface area contributed by atoms with E-state index < -0.39 is 0 Å². The molecule has 0 radical (unpaired) electrons. The van der Waals surface area contributed by atoms with Gasteiger partial charge in [-0.25, -0.2) is 0 Å². The van der Waals surface area contributed by atoms with Crippen molar-refractivity contribution in [1.29, 1.82) is 0 Å². The molecule has 3 heteroatoms. The zero-order chi connectivity index (χ0) is 12.8. The molecule has 1 aromatic carbocycles. The molecule has 2 rings (SSSR count). The molecule has 1 saturated heterocycles. The minimum Gasteiger partial charge on any atom is -0.313 e. The number of likely N-dealkylation sites (tertiary alicyclic amines) is 1. The Morgan fingerprint density at radius 1 is 1.28 bits per heavy atom. The minimum absolute atomic E-state index is 0.775. The van der Waals surface area contributed by atoms with Crippen LogP contribution in [0, 0.1) is 0 Å². The average Bonchev–Trinajstić information content (AvgIpc) is 2.39. The second-order valence-corrected chi connectivity index (χ2v) is 5.66. The largest absolute Gasteiger partial charge is 0.313 e. The summed E-state index contributed by atoms with van der Waals surface area (Å²) in [6, 6.07) is 8.85. The van der Waals surface area contributed by atoms with Gasteiger partial charge < -0.3 is 10.2 Å². The fourth-order valence-corrected chi connectivity index (χ4v) is 2.74. The van der Waals surface area contributed by atoms with Gasteiger partial charge in [-0.1, -0.05) is 30.2 Å². The van der Waals surface area contributed by atoms with Crippen molar-refractivity contribution in [1.82, 2.24) is 10.2 Å². The summed E-state index contributed by atoms with van der Waals surface area (Å²) >= 11 is 5.86. The van der Waals surface area contributed by atoms with Crippen molar-refractivity contribution < 1.29 is 0 Å². The van der Waals surface area contributed by atoms with Crippen molar-refractivity contribution in [3.63, 3.8) is 0 Å². The van der Waals surface area contributed by atoms with E-state index in [2.05, 4.69) is 29.4 Å². The van der Waals surface area contributed by atoms with Crippen molar-refractivity contribution in [3.05, 3.63) is 34.9 Å². The van der Waals surface area contributed by atoms with E-state index in [1.807, 2.05) is 12.1 Å². The second kappa shape index (κ2) is 7.13. The van der Waals surface area contributed by atoms with Crippen LogP contribution in [0.1, 0.15) is 31.2 Å². The van der Waals surface area contributed by atoms with Crippen LogP contribution in [0.25, 0.3) is 0 Å². The first-order chi connectivity index (χ1) is 8.75. The van der Waals surface area contributed by atoms with Crippen LogP contribution < -0.4 is 5.32 Å². The lowest BCUT2D eigenvalue weighted by molar-refractivity contribution is 0.175. The minimum atomic E-state index is 0.775. The molecule has 0 bridgehead atoms. The lowest BCUT2D eigenvalue weighted by Crippen LogP contribution is -2.38. The van der Waals surface area contributed by atoms with Crippen molar-refractivity contribution in [2.75, 3.05) is 20.1 Å². The maximum atomic E-state index is 5.86. The molecule has 0 aromatic heterocycles. The van der Waals surface area contributed by atoms with Crippen molar-refractivity contribution >= 4 is 11.6 Å². The molecular formula is C15H23ClN2. The van der Waals surface area contributed by atoms with Gasteiger partial charge >= 0.3 is 0 Å². The van der Waals surface area contributed by atoms with Crippen LogP contribution in [0.5, 0.6) is 0 Å². The number of nitrogens with zero attached hydrogens (tertiary/aromatic N) is 1. The molecule has 2 nitrogen and oxygen atoms in total. The maximum Gasteiger partial charge on any atom is 0.0406 e. The molecule has 18 heavy (non-hydrogen) atoms. The predicted octanol–water partition coefficient (Wildman–Crippen LogP) is 3.30. The molecule has 1 aliphatic heterocycles. The summed E-state index contributed by atoms with van der Waals surface area (Å²) in [7, 11) is 2.25. The molecule has 1 aromatic rings. The highest BCUT2D eigenvalue weighted by Crippen LogP contribution is 2.17. The first-order valence-electron chi connectivity index (χ1n) is 6.91. The van der Waals surface area contributed by atoms with E-state index in [0.29, 0.717) is 0 Å². The molecular weight excluding hydrogens is 244 g/mol. The van der Waals surface area contributed by atoms with Gasteiger partial charge in [-0.05, 0) is 57.1 Å². The zero-order valence-electron chi connectivity index (χ0n) is 11.2. The zero-order valence-corrected chi connectivity index (χ0v) is 11.9. The van der Waals surface area contributed by atoms with Gasteiger partial charge in [0.15, 0.2) is 0 Å². The molecule has 0 spiro atoms. The first kappa shape index (κ1) is 13.9. The Morgan fingerprint density at radius 3 is 2.78 bits per heavy atom. The number of halogens is 1. The molecule has 1 unspecified atom stereocenters. The van der Waals surface area contributed by atoms with Crippen molar-refractivity contribution in [2.45, 2.75) is 38.3 Å². The third-order valence-corrected chi connectivity index (χ3v) is 4.07. The maximum absolute atomic E-state index is 5.86. The SMILES string of the molecule is CN1CCCCC1CCNCc1ccc(Cl)cc1. The van der Waals surface area contributed by atoms with E-state index >= 15 is 0 Å². The van der Waals surface area contributed by atoms with E-state index in [9.17, 15) is 0 Å². The van der Waals surface area contributed by atoms with Gasteiger partial charge in [0.25, 0.3) is 0 Å². The number of hydrogen-bond acceptors (Lipinski definition) is 2. The number of piperidine rings is 1. The summed E-state index contributed by atoms with van der Waals surface area (Å²) in [6.45, 7) is 3.30. The van der Waals surface area contributed by atoms with E-state index in [1.165, 1.54) is 37.8 Å². The van der Waals surface area contributed by atoms with Crippen LogP contribution in [0.2, 0.25) is 5.02 Å². The molecule has 0 amide bonds. The van der Waals surface area contributed by atoms with Gasteiger partial charge in [-0.15, -0.1) is 0 Å². The number of hydrogen-bond donors (Lipinski definition) is 1. The summed E-state index contributed by atoms with van der Waals surface area (Å²) in [4.78, 5) is 2.51. The van der Waals surface area contributed by atoms with Crippen LogP contribution in [-0.4, -0.2) is 31.1 Å². The predicted molar refractivity (Wildman–Crippen MR) is 78.0 cm³/mol. The molecule has 1 heterocycles. The average molecular weight is 267 g/mol. The van der Waals surface area contributed by atoms with Crippen LogP contribution in [0.15, 0.2) is 24.3 Å². The highest BCUT2D eigenvalue weighted by Gasteiger charge is 2.17. The molecule has 1 N–H and O–H groups in total. The quantitative estimate of drug-likeness (QED) is 0.823. The van der Waals surface area contributed by atoms with Gasteiger partial charge in [-0.2, -0.15) is 0 Å². The Morgan fingerprint density at radius 2 is 2.06 bits per heavy atom. The summed E-state index contributed by atoms with van der Waals surface area (Å²) in [5.74, 6) is 0. The highest BCUT2D eigenvalue weighted by atomic mass is 35.5. The van der Waals surface area contributed by atoms with Gasteiger partial charge in [-0.3, -0.25) is 0 Å². The van der Waals surface area contributed by atoms with E-state index in [4.69, 9.17) is 11.6 Å². The monoisotopic (exact) mass is 266 g/mol. The molecule has 1 atom stereocenters. The lowest BCUT2D eigenvalue weighted by atomic mass is 10.0. The Bertz CT molecular complexity index is 350. The molecule has 1 fully saturated rings. The highest BCUT2D eigenvalue weighted by molar-refractivity contribution is 6.30. The second-order valence-electron chi connectivity index (χ2n) is 5.22. The van der Waals surface area contributed by atoms with E-state index in [1.54, 1.807) is 0 Å². The molecule has 0 saturated carbocycles. The third kappa shape index (κ3) is 4.27. The number of nitrogens with one attached hydrogen (secondary N) is 1. The lowest BCUT2D eigenvalue weighted by Gasteiger charge is -2.32. The third-order valence-electron chi connectivity index (χ3n) is 3.82. The normalized spacial score (nSPS) is 21.1. The van der Waals surface area contributed by atoms with Gasteiger partial charge in [0, 0.05) is 17.6 Å². The van der Waals surface area contributed by atoms with Gasteiger partial charge in [0.05, 0.1) is 0 Å². The molecule has 1 aliphatic rings. The van der Waals surface area contributed by atoms with E-state index in [0.717, 1.165) is 24.2 Å². The summed E-state index contributed by atoms with van der Waals surface area (Å²) < 4.78 is 0. The standard InChI is InChI=1S/C15H23ClN2/c1-18-11-3-2-4-15(18)9-10-17-12-13-5-7-14(16)8-6-13/h5-8,15,17H,2-4,9-12H2,1H3. The van der Waals surface area contributed by atoms with Gasteiger partial charge in [0.2, 0.25) is 0 Å². The van der Waals surface area contributed by atoms with Crippen LogP contribution >= 0.6 is 11.6 Å². The summed E-state index contributed by atoms with van der Waals surface area (Å²) in [5, 5.41) is 4.33. The Labute approximate surface area is 115 Å². The smallest absolute Gasteiger partial charge is 0.0406 e. The Balaban J connectivity index is 1.65. The van der Waals surface area contributed by atoms with Crippen LogP contribution in [-0.2, 0) is 6.54 Å². The fraction of sp³-hybridized carbons (Fsp3) is 0.600. The van der Waals surface area contributed by atoms with Crippen molar-refractivity contribution in [3.8, 4) is 0 Å². The van der Waals surface area contributed by atoms with Gasteiger partial charge in [0.1, 0.15) is 0 Å². The Kier molecular flexibility index (Phi) is 5.48. The molecule has 100 valence electrons. The summed E-state index contributed by atoms with van der Waals surface area (Å²) in [6.07, 6.45) is 5.38.